The third kappa shape index (κ3) is 4.55. The summed E-state index contributed by atoms with van der Waals surface area (Å²) in [5.41, 5.74) is 0.667. The molecule has 1 aromatic heterocycles. The van der Waals surface area contributed by atoms with Gasteiger partial charge in [0.15, 0.2) is 9.84 Å². The molecule has 1 amide bonds. The van der Waals surface area contributed by atoms with E-state index >= 15 is 0 Å². The Labute approximate surface area is 170 Å². The number of hydrogen-bond donors (Lipinski definition) is 0. The van der Waals surface area contributed by atoms with Gasteiger partial charge in [-0.05, 0) is 56.9 Å². The largest absolute Gasteiger partial charge is 0.339 e. The molecule has 1 aliphatic heterocycles. The van der Waals surface area contributed by atoms with E-state index in [-0.39, 0.29) is 23.7 Å². The molecule has 2 atom stereocenters. The van der Waals surface area contributed by atoms with Gasteiger partial charge in [0, 0.05) is 23.2 Å². The lowest BCUT2D eigenvalue weighted by atomic mass is 10.00. The summed E-state index contributed by atoms with van der Waals surface area (Å²) >= 11 is 5.86. The molecule has 28 heavy (non-hydrogen) atoms. The number of benzene rings is 1. The summed E-state index contributed by atoms with van der Waals surface area (Å²) < 4.78 is 30.7. The third-order valence-electron chi connectivity index (χ3n) is 5.16. The van der Waals surface area contributed by atoms with Gasteiger partial charge < -0.3 is 9.42 Å². The first-order chi connectivity index (χ1) is 13.3. The van der Waals surface area contributed by atoms with Crippen molar-refractivity contribution in [2.24, 2.45) is 0 Å². The Morgan fingerprint density at radius 1 is 1.32 bits per heavy atom. The van der Waals surface area contributed by atoms with Crippen molar-refractivity contribution in [3.8, 4) is 11.4 Å². The molecule has 152 valence electrons. The fourth-order valence-corrected chi connectivity index (χ4v) is 4.71. The van der Waals surface area contributed by atoms with Crippen LogP contribution in [0.2, 0.25) is 5.02 Å². The molecule has 0 N–H and O–H groups in total. The normalized spacial score (nSPS) is 18.8. The van der Waals surface area contributed by atoms with E-state index in [1.54, 1.807) is 29.2 Å². The minimum Gasteiger partial charge on any atom is -0.339 e. The van der Waals surface area contributed by atoms with Crippen LogP contribution in [-0.4, -0.2) is 47.2 Å². The average Bonchev–Trinajstić information content (AvgIpc) is 3.15. The Hall–Kier alpha value is -1.93. The zero-order chi connectivity index (χ0) is 20.3. The van der Waals surface area contributed by atoms with Crippen LogP contribution in [0, 0.1) is 0 Å². The Balaban J connectivity index is 1.72. The third-order valence-corrected chi connectivity index (χ3v) is 7.34. The fourth-order valence-electron chi connectivity index (χ4n) is 3.43. The first-order valence-electron chi connectivity index (χ1n) is 9.42. The molecule has 0 bridgehead atoms. The van der Waals surface area contributed by atoms with Crippen molar-refractivity contribution in [1.82, 2.24) is 15.0 Å². The van der Waals surface area contributed by atoms with Crippen LogP contribution in [0.5, 0.6) is 0 Å². The van der Waals surface area contributed by atoms with E-state index in [1.807, 2.05) is 6.92 Å². The van der Waals surface area contributed by atoms with Gasteiger partial charge in [-0.15, -0.1) is 0 Å². The van der Waals surface area contributed by atoms with Gasteiger partial charge >= 0.3 is 0 Å². The summed E-state index contributed by atoms with van der Waals surface area (Å²) in [6.45, 7) is 4.07. The smallest absolute Gasteiger partial charge is 0.242 e. The number of carbonyl (C=O) groups excluding carboxylic acids is 1. The maximum Gasteiger partial charge on any atom is 0.242 e. The summed E-state index contributed by atoms with van der Waals surface area (Å²) in [6, 6.07) is 6.93. The highest BCUT2D eigenvalue weighted by molar-refractivity contribution is 7.92. The minimum absolute atomic E-state index is 0.0321. The summed E-state index contributed by atoms with van der Waals surface area (Å²) in [6.07, 6.45) is 3.72. The monoisotopic (exact) mass is 425 g/mol. The van der Waals surface area contributed by atoms with Crippen molar-refractivity contribution >= 4 is 27.3 Å². The van der Waals surface area contributed by atoms with E-state index < -0.39 is 20.8 Å². The highest BCUT2D eigenvalue weighted by Gasteiger charge is 2.36. The molecule has 0 spiro atoms. The molecular formula is C19H24ClN3O4S. The van der Waals surface area contributed by atoms with Crippen molar-refractivity contribution in [3.63, 3.8) is 0 Å². The first-order valence-corrected chi connectivity index (χ1v) is 11.5. The summed E-state index contributed by atoms with van der Waals surface area (Å²) in [4.78, 5) is 18.7. The summed E-state index contributed by atoms with van der Waals surface area (Å²) in [7, 11) is -3.78. The number of aromatic nitrogens is 2. The van der Waals surface area contributed by atoms with Crippen molar-refractivity contribution in [2.45, 2.75) is 56.6 Å². The molecule has 7 nitrogen and oxygen atoms in total. The second-order valence-corrected chi connectivity index (χ2v) is 9.82. The van der Waals surface area contributed by atoms with Crippen LogP contribution in [0.3, 0.4) is 0 Å². The van der Waals surface area contributed by atoms with E-state index in [9.17, 15) is 13.2 Å². The standard InChI is InChI=1S/C19H24ClN3O4S/c1-3-16-6-4-5-11-23(16)19(24)13(2)28(25,26)12-17-21-18(22-27-17)14-7-9-15(20)10-8-14/h7-10,13,16H,3-6,11-12H2,1-2H3/t13-,16-/m1/s1. The molecule has 0 unspecified atom stereocenters. The lowest BCUT2D eigenvalue weighted by Crippen LogP contribution is -2.49. The van der Waals surface area contributed by atoms with Crippen molar-refractivity contribution in [3.05, 3.63) is 35.2 Å². The van der Waals surface area contributed by atoms with Gasteiger partial charge in [0.25, 0.3) is 0 Å². The molecule has 0 aliphatic carbocycles. The summed E-state index contributed by atoms with van der Waals surface area (Å²) in [5.74, 6) is -0.562. The number of rotatable bonds is 6. The fraction of sp³-hybridized carbons (Fsp3) is 0.526. The van der Waals surface area contributed by atoms with Crippen LogP contribution in [0.15, 0.2) is 28.8 Å². The van der Waals surface area contributed by atoms with Crippen molar-refractivity contribution < 1.29 is 17.7 Å². The molecule has 3 rings (SSSR count). The maximum absolute atomic E-state index is 12.8. The Bertz CT molecular complexity index is 927. The SMILES string of the molecule is CC[C@@H]1CCCCN1C(=O)[C@@H](C)S(=O)(=O)Cc1nc(-c2ccc(Cl)cc2)no1. The minimum atomic E-state index is -3.78. The number of likely N-dealkylation sites (tertiary alicyclic amines) is 1. The van der Waals surface area contributed by atoms with Gasteiger partial charge in [-0.25, -0.2) is 8.42 Å². The van der Waals surface area contributed by atoms with Gasteiger partial charge in [0.2, 0.25) is 17.6 Å². The number of nitrogens with zero attached hydrogens (tertiary/aromatic N) is 3. The molecule has 0 saturated carbocycles. The quantitative estimate of drug-likeness (QED) is 0.703. The van der Waals surface area contributed by atoms with Crippen LogP contribution in [0.1, 0.15) is 45.4 Å². The Kier molecular flexibility index (Phi) is 6.40. The summed E-state index contributed by atoms with van der Waals surface area (Å²) in [5, 5.41) is 3.26. The number of sulfone groups is 1. The molecule has 2 heterocycles. The highest BCUT2D eigenvalue weighted by atomic mass is 35.5. The lowest BCUT2D eigenvalue weighted by molar-refractivity contribution is -0.134. The maximum atomic E-state index is 12.8. The number of piperidine rings is 1. The van der Waals surface area contributed by atoms with Gasteiger partial charge in [0.1, 0.15) is 11.0 Å². The van der Waals surface area contributed by atoms with Crippen LogP contribution >= 0.6 is 11.6 Å². The van der Waals surface area contributed by atoms with Crippen LogP contribution in [0.25, 0.3) is 11.4 Å². The topological polar surface area (TPSA) is 93.4 Å². The molecule has 0 radical (unpaired) electrons. The van der Waals surface area contributed by atoms with Crippen molar-refractivity contribution in [1.29, 1.82) is 0 Å². The predicted octanol–water partition coefficient (Wildman–Crippen LogP) is 3.48. The van der Waals surface area contributed by atoms with E-state index in [0.717, 1.165) is 25.7 Å². The van der Waals surface area contributed by atoms with E-state index in [4.69, 9.17) is 16.1 Å². The van der Waals surface area contributed by atoms with Crippen LogP contribution in [0.4, 0.5) is 0 Å². The Morgan fingerprint density at radius 2 is 2.04 bits per heavy atom. The molecule has 1 fully saturated rings. The highest BCUT2D eigenvalue weighted by Crippen LogP contribution is 2.23. The predicted molar refractivity (Wildman–Crippen MR) is 106 cm³/mol. The number of amides is 1. The molecule has 1 saturated heterocycles. The molecule has 1 aromatic carbocycles. The second-order valence-electron chi connectivity index (χ2n) is 7.06. The van der Waals surface area contributed by atoms with E-state index in [2.05, 4.69) is 10.1 Å². The zero-order valence-electron chi connectivity index (χ0n) is 16.0. The second kappa shape index (κ2) is 8.61. The Morgan fingerprint density at radius 3 is 2.71 bits per heavy atom. The first kappa shape index (κ1) is 20.8. The van der Waals surface area contributed by atoms with Gasteiger partial charge in [-0.2, -0.15) is 4.98 Å². The van der Waals surface area contributed by atoms with Crippen LogP contribution in [-0.2, 0) is 20.4 Å². The number of carbonyl (C=O) groups is 1. The van der Waals surface area contributed by atoms with Crippen LogP contribution < -0.4 is 0 Å². The van der Waals surface area contributed by atoms with E-state index in [0.29, 0.717) is 17.1 Å². The van der Waals surface area contributed by atoms with E-state index in [1.165, 1.54) is 6.92 Å². The lowest BCUT2D eigenvalue weighted by Gasteiger charge is -2.36. The number of halogens is 1. The molecule has 9 heteroatoms. The number of hydrogen-bond acceptors (Lipinski definition) is 6. The van der Waals surface area contributed by atoms with Gasteiger partial charge in [-0.1, -0.05) is 23.7 Å². The molecule has 2 aromatic rings. The van der Waals surface area contributed by atoms with Gasteiger partial charge in [-0.3, -0.25) is 4.79 Å². The average molecular weight is 426 g/mol. The van der Waals surface area contributed by atoms with Crippen molar-refractivity contribution in [2.75, 3.05) is 6.54 Å². The molecular weight excluding hydrogens is 402 g/mol. The molecule has 1 aliphatic rings. The van der Waals surface area contributed by atoms with Gasteiger partial charge in [0.05, 0.1) is 0 Å². The zero-order valence-corrected chi connectivity index (χ0v) is 17.5.